The number of benzene rings is 1. The van der Waals surface area contributed by atoms with E-state index in [0.29, 0.717) is 5.92 Å². The van der Waals surface area contributed by atoms with Crippen LogP contribution < -0.4 is 9.13 Å². The molecule has 3 aromatic rings. The number of rotatable bonds is 4. The Morgan fingerprint density at radius 3 is 1.59 bits per heavy atom. The lowest BCUT2D eigenvalue weighted by Crippen LogP contribution is -2.27. The number of pyridine rings is 2. The van der Waals surface area contributed by atoms with E-state index in [1.54, 1.807) is 0 Å². The maximum Gasteiger partial charge on any atom is 0.168 e. The lowest BCUT2D eigenvalue weighted by atomic mass is 9.87. The van der Waals surface area contributed by atoms with Gasteiger partial charge in [-0.3, -0.25) is 0 Å². The maximum atomic E-state index is 2.22. The molecule has 0 spiro atoms. The first kappa shape index (κ1) is 14.5. The van der Waals surface area contributed by atoms with Crippen LogP contribution in [0.4, 0.5) is 0 Å². The van der Waals surface area contributed by atoms with Crippen molar-refractivity contribution in [1.82, 2.24) is 0 Å². The molecule has 0 unspecified atom stereocenters. The molecule has 2 heterocycles. The average molecular weight is 290 g/mol. The first-order chi connectivity index (χ1) is 10.7. The van der Waals surface area contributed by atoms with Crippen molar-refractivity contribution in [1.29, 1.82) is 0 Å². The minimum absolute atomic E-state index is 0.379. The molecule has 2 heteroatoms. The van der Waals surface area contributed by atoms with Crippen LogP contribution in [0.25, 0.3) is 0 Å². The molecule has 2 aromatic heterocycles. The van der Waals surface area contributed by atoms with E-state index in [1.165, 1.54) is 16.7 Å². The molecular formula is C20H22N2+2. The van der Waals surface area contributed by atoms with Gasteiger partial charge in [0.1, 0.15) is 14.1 Å². The lowest BCUT2D eigenvalue weighted by Gasteiger charge is -2.17. The van der Waals surface area contributed by atoms with E-state index in [4.69, 9.17) is 0 Å². The van der Waals surface area contributed by atoms with E-state index in [9.17, 15) is 0 Å². The number of nitrogens with zero attached hydrogens (tertiary/aromatic N) is 2. The quantitative estimate of drug-likeness (QED) is 0.653. The molecule has 0 saturated heterocycles. The molecule has 0 atom stereocenters. The first-order valence-corrected chi connectivity index (χ1v) is 7.67. The van der Waals surface area contributed by atoms with Crippen molar-refractivity contribution in [3.63, 3.8) is 0 Å². The van der Waals surface area contributed by atoms with E-state index in [2.05, 4.69) is 103 Å². The molecule has 0 aliphatic heterocycles. The van der Waals surface area contributed by atoms with Gasteiger partial charge in [-0.15, -0.1) is 0 Å². The van der Waals surface area contributed by atoms with E-state index in [0.717, 1.165) is 6.42 Å². The van der Waals surface area contributed by atoms with Gasteiger partial charge >= 0.3 is 0 Å². The molecule has 0 radical (unpaired) electrons. The van der Waals surface area contributed by atoms with Crippen LogP contribution in [0.3, 0.4) is 0 Å². The van der Waals surface area contributed by atoms with Gasteiger partial charge in [0, 0.05) is 30.2 Å². The van der Waals surface area contributed by atoms with Gasteiger partial charge in [-0.1, -0.05) is 30.3 Å². The minimum atomic E-state index is 0.379. The minimum Gasteiger partial charge on any atom is -0.208 e. The van der Waals surface area contributed by atoms with Crippen LogP contribution >= 0.6 is 0 Å². The summed E-state index contributed by atoms with van der Waals surface area (Å²) >= 11 is 0. The van der Waals surface area contributed by atoms with Crippen molar-refractivity contribution in [3.05, 3.63) is 96.1 Å². The predicted octanol–water partition coefficient (Wildman–Crippen LogP) is 2.71. The molecule has 110 valence electrons. The fourth-order valence-electron chi connectivity index (χ4n) is 2.77. The van der Waals surface area contributed by atoms with Crippen LogP contribution in [0.2, 0.25) is 0 Å². The van der Waals surface area contributed by atoms with Gasteiger partial charge in [-0.05, 0) is 23.1 Å². The highest BCUT2D eigenvalue weighted by molar-refractivity contribution is 5.32. The first-order valence-electron chi connectivity index (χ1n) is 7.67. The van der Waals surface area contributed by atoms with E-state index >= 15 is 0 Å². The normalized spacial score (nSPS) is 10.9. The van der Waals surface area contributed by atoms with Crippen molar-refractivity contribution in [2.45, 2.75) is 12.3 Å². The second kappa shape index (κ2) is 6.52. The number of aromatic nitrogens is 2. The molecular weight excluding hydrogens is 268 g/mol. The summed E-state index contributed by atoms with van der Waals surface area (Å²) in [5.41, 5.74) is 4.08. The second-order valence-electron chi connectivity index (χ2n) is 5.84. The molecule has 0 N–H and O–H groups in total. The molecule has 0 fully saturated rings. The monoisotopic (exact) mass is 290 g/mol. The van der Waals surface area contributed by atoms with Crippen molar-refractivity contribution in [3.8, 4) is 0 Å². The van der Waals surface area contributed by atoms with Gasteiger partial charge in [0.15, 0.2) is 24.8 Å². The third-order valence-electron chi connectivity index (χ3n) is 4.10. The number of aryl methyl sites for hydroxylation is 2. The fraction of sp³-hybridized carbons (Fsp3) is 0.200. The third kappa shape index (κ3) is 3.40. The average Bonchev–Trinajstić information content (AvgIpc) is 2.56. The zero-order chi connectivity index (χ0) is 15.4. The van der Waals surface area contributed by atoms with Gasteiger partial charge in [0.05, 0.1) is 0 Å². The standard InChI is InChI=1S/C20H22N2/c1-21-12-8-18(9-13-21)20(16-17-6-4-3-5-7-17)19-10-14-22(2)15-11-19/h3-15,20H,16H2,1-2H3/q+2. The molecule has 3 rings (SSSR count). The number of hydrogen-bond donors (Lipinski definition) is 0. The summed E-state index contributed by atoms with van der Waals surface area (Å²) in [6.45, 7) is 0. The highest BCUT2D eigenvalue weighted by Gasteiger charge is 2.17. The molecule has 0 saturated carbocycles. The Kier molecular flexibility index (Phi) is 4.29. The molecule has 2 nitrogen and oxygen atoms in total. The van der Waals surface area contributed by atoms with Crippen LogP contribution in [0.15, 0.2) is 79.4 Å². The Balaban J connectivity index is 1.97. The highest BCUT2D eigenvalue weighted by atomic mass is 14.9. The summed E-state index contributed by atoms with van der Waals surface area (Å²) < 4.78 is 4.15. The molecule has 0 bridgehead atoms. The smallest absolute Gasteiger partial charge is 0.168 e. The van der Waals surface area contributed by atoms with Crippen LogP contribution in [0.5, 0.6) is 0 Å². The van der Waals surface area contributed by atoms with Gasteiger partial charge in [0.25, 0.3) is 0 Å². The van der Waals surface area contributed by atoms with Gasteiger partial charge < -0.3 is 0 Å². The van der Waals surface area contributed by atoms with Crippen molar-refractivity contribution in [2.75, 3.05) is 0 Å². The maximum absolute atomic E-state index is 2.22. The Morgan fingerprint density at radius 1 is 0.682 bits per heavy atom. The largest absolute Gasteiger partial charge is 0.208 e. The van der Waals surface area contributed by atoms with Crippen molar-refractivity contribution >= 4 is 0 Å². The molecule has 1 aromatic carbocycles. The zero-order valence-corrected chi connectivity index (χ0v) is 13.2. The third-order valence-corrected chi connectivity index (χ3v) is 4.10. The van der Waals surface area contributed by atoms with Gasteiger partial charge in [-0.2, -0.15) is 0 Å². The Labute approximate surface area is 132 Å². The van der Waals surface area contributed by atoms with Crippen LogP contribution in [0, 0.1) is 0 Å². The molecule has 0 aliphatic carbocycles. The Morgan fingerprint density at radius 2 is 1.14 bits per heavy atom. The summed E-state index contributed by atoms with van der Waals surface area (Å²) in [6.07, 6.45) is 9.50. The predicted molar refractivity (Wildman–Crippen MR) is 87.2 cm³/mol. The van der Waals surface area contributed by atoms with Crippen LogP contribution in [-0.4, -0.2) is 0 Å². The SMILES string of the molecule is C[n+]1ccc(C(Cc2ccccc2)c2cc[n+](C)cc2)cc1. The lowest BCUT2D eigenvalue weighted by molar-refractivity contribution is -0.671. The van der Waals surface area contributed by atoms with Crippen LogP contribution in [-0.2, 0) is 20.5 Å². The summed E-state index contributed by atoms with van der Waals surface area (Å²) in [7, 11) is 4.11. The number of hydrogen-bond acceptors (Lipinski definition) is 0. The summed E-state index contributed by atoms with van der Waals surface area (Å²) in [5.74, 6) is 0.379. The van der Waals surface area contributed by atoms with Gasteiger partial charge in [0.2, 0.25) is 0 Å². The van der Waals surface area contributed by atoms with E-state index in [-0.39, 0.29) is 0 Å². The fourth-order valence-corrected chi connectivity index (χ4v) is 2.77. The summed E-state index contributed by atoms with van der Waals surface area (Å²) in [6, 6.07) is 19.6. The topological polar surface area (TPSA) is 7.76 Å². The molecule has 0 amide bonds. The Hall–Kier alpha value is -2.48. The molecule has 0 aliphatic rings. The summed E-state index contributed by atoms with van der Waals surface area (Å²) in [4.78, 5) is 0. The van der Waals surface area contributed by atoms with Gasteiger partial charge in [-0.25, -0.2) is 9.13 Å². The highest BCUT2D eigenvalue weighted by Crippen LogP contribution is 2.27. The summed E-state index contributed by atoms with van der Waals surface area (Å²) in [5, 5.41) is 0. The Bertz CT molecular complexity index is 670. The van der Waals surface area contributed by atoms with Crippen molar-refractivity contribution in [2.24, 2.45) is 14.1 Å². The van der Waals surface area contributed by atoms with Crippen molar-refractivity contribution < 1.29 is 9.13 Å². The van der Waals surface area contributed by atoms with Crippen LogP contribution in [0.1, 0.15) is 22.6 Å². The molecule has 22 heavy (non-hydrogen) atoms. The zero-order valence-electron chi connectivity index (χ0n) is 13.2. The van der Waals surface area contributed by atoms with E-state index < -0.39 is 0 Å². The second-order valence-corrected chi connectivity index (χ2v) is 5.84. The van der Waals surface area contributed by atoms with E-state index in [1.807, 2.05) is 0 Å².